The molecule has 120 valence electrons. The van der Waals surface area contributed by atoms with Gasteiger partial charge in [0.25, 0.3) is 0 Å². The maximum Gasteiger partial charge on any atom is 0.305 e. The molecule has 1 aromatic carbocycles. The van der Waals surface area contributed by atoms with E-state index in [-0.39, 0.29) is 12.3 Å². The van der Waals surface area contributed by atoms with Crippen molar-refractivity contribution in [3.63, 3.8) is 0 Å². The van der Waals surface area contributed by atoms with Gasteiger partial charge in [0.15, 0.2) is 0 Å². The molecule has 0 aliphatic carbocycles. The minimum atomic E-state index is -0.794. The smallest absolute Gasteiger partial charge is 0.305 e. The van der Waals surface area contributed by atoms with Crippen LogP contribution in [0.4, 0.5) is 11.4 Å². The summed E-state index contributed by atoms with van der Waals surface area (Å²) in [5.41, 5.74) is 3.02. The Hall–Kier alpha value is -2.04. The van der Waals surface area contributed by atoms with E-state index in [0.29, 0.717) is 18.9 Å². The van der Waals surface area contributed by atoms with Crippen molar-refractivity contribution in [3.8, 4) is 0 Å². The summed E-state index contributed by atoms with van der Waals surface area (Å²) in [6, 6.07) is 6.00. The molecule has 0 atom stereocenters. The van der Waals surface area contributed by atoms with E-state index >= 15 is 0 Å². The number of hydrogen-bond acceptors (Lipinski definition) is 3. The third-order valence-corrected chi connectivity index (χ3v) is 3.89. The highest BCUT2D eigenvalue weighted by Crippen LogP contribution is 2.33. The second-order valence-corrected chi connectivity index (χ2v) is 6.11. The number of nitrogens with zero attached hydrogens (tertiary/aromatic N) is 2. The molecular weight excluding hydrogens is 280 g/mol. The SMILES string of the molecule is CCN(CCC(=O)O)c1ccc2c(c1)CC(=O)N2CC(C)C. The fourth-order valence-electron chi connectivity index (χ4n) is 2.83. The predicted octanol–water partition coefficient (Wildman–Crippen LogP) is 2.53. The summed E-state index contributed by atoms with van der Waals surface area (Å²) in [5.74, 6) is -0.218. The second-order valence-electron chi connectivity index (χ2n) is 6.11. The first-order valence-electron chi connectivity index (χ1n) is 7.82. The Kier molecular flexibility index (Phi) is 5.06. The molecule has 1 aliphatic heterocycles. The Balaban J connectivity index is 2.20. The van der Waals surface area contributed by atoms with Gasteiger partial charge in [0.05, 0.1) is 12.8 Å². The first-order valence-corrected chi connectivity index (χ1v) is 7.82. The van der Waals surface area contributed by atoms with Crippen molar-refractivity contribution in [1.82, 2.24) is 0 Å². The minimum absolute atomic E-state index is 0.114. The van der Waals surface area contributed by atoms with Gasteiger partial charge >= 0.3 is 5.97 Å². The van der Waals surface area contributed by atoms with Crippen LogP contribution in [-0.2, 0) is 16.0 Å². The van der Waals surface area contributed by atoms with Crippen LogP contribution >= 0.6 is 0 Å². The molecule has 2 rings (SSSR count). The van der Waals surface area contributed by atoms with E-state index in [1.165, 1.54) is 0 Å². The molecule has 5 nitrogen and oxygen atoms in total. The Morgan fingerprint density at radius 3 is 2.73 bits per heavy atom. The highest BCUT2D eigenvalue weighted by atomic mass is 16.4. The lowest BCUT2D eigenvalue weighted by atomic mass is 10.1. The van der Waals surface area contributed by atoms with Crippen molar-refractivity contribution in [2.75, 3.05) is 29.4 Å². The predicted molar refractivity (Wildman–Crippen MR) is 87.5 cm³/mol. The normalized spacial score (nSPS) is 13.6. The summed E-state index contributed by atoms with van der Waals surface area (Å²) in [6.07, 6.45) is 0.551. The Labute approximate surface area is 131 Å². The second kappa shape index (κ2) is 6.81. The van der Waals surface area contributed by atoms with Gasteiger partial charge in [-0.1, -0.05) is 13.8 Å². The fourth-order valence-corrected chi connectivity index (χ4v) is 2.83. The molecule has 0 bridgehead atoms. The van der Waals surface area contributed by atoms with Gasteiger partial charge in [-0.15, -0.1) is 0 Å². The van der Waals surface area contributed by atoms with Crippen LogP contribution in [0.1, 0.15) is 32.8 Å². The maximum absolute atomic E-state index is 12.2. The topological polar surface area (TPSA) is 60.9 Å². The molecule has 1 N–H and O–H groups in total. The summed E-state index contributed by atoms with van der Waals surface area (Å²) in [6.45, 7) is 8.17. The Bertz CT molecular complexity index is 569. The Morgan fingerprint density at radius 1 is 1.41 bits per heavy atom. The number of carbonyl (C=O) groups is 2. The number of fused-ring (bicyclic) bond motifs is 1. The molecule has 0 saturated heterocycles. The summed E-state index contributed by atoms with van der Waals surface area (Å²) < 4.78 is 0. The molecule has 0 saturated carbocycles. The maximum atomic E-state index is 12.2. The third-order valence-electron chi connectivity index (χ3n) is 3.89. The quantitative estimate of drug-likeness (QED) is 0.841. The summed E-state index contributed by atoms with van der Waals surface area (Å²) in [7, 11) is 0. The molecule has 1 aromatic rings. The highest BCUT2D eigenvalue weighted by molar-refractivity contribution is 6.01. The van der Waals surface area contributed by atoms with E-state index in [1.807, 2.05) is 34.9 Å². The molecule has 0 aromatic heterocycles. The van der Waals surface area contributed by atoms with Crippen LogP contribution in [0, 0.1) is 5.92 Å². The molecule has 0 unspecified atom stereocenters. The van der Waals surface area contributed by atoms with E-state index in [1.54, 1.807) is 0 Å². The van der Waals surface area contributed by atoms with Crippen LogP contribution in [0.25, 0.3) is 0 Å². The van der Waals surface area contributed by atoms with Gasteiger partial charge in [-0.3, -0.25) is 9.59 Å². The molecule has 0 fully saturated rings. The Morgan fingerprint density at radius 2 is 2.14 bits per heavy atom. The van der Waals surface area contributed by atoms with Crippen LogP contribution in [0.15, 0.2) is 18.2 Å². The van der Waals surface area contributed by atoms with Crippen LogP contribution < -0.4 is 9.80 Å². The van der Waals surface area contributed by atoms with Gasteiger partial charge in [0, 0.05) is 31.0 Å². The number of rotatable bonds is 7. The van der Waals surface area contributed by atoms with Gasteiger partial charge in [0.2, 0.25) is 5.91 Å². The molecule has 5 heteroatoms. The number of hydrogen-bond donors (Lipinski definition) is 1. The molecule has 1 heterocycles. The highest BCUT2D eigenvalue weighted by Gasteiger charge is 2.28. The van der Waals surface area contributed by atoms with Crippen molar-refractivity contribution < 1.29 is 14.7 Å². The largest absolute Gasteiger partial charge is 0.481 e. The van der Waals surface area contributed by atoms with Crippen molar-refractivity contribution in [1.29, 1.82) is 0 Å². The van der Waals surface area contributed by atoms with Crippen LogP contribution in [0.5, 0.6) is 0 Å². The van der Waals surface area contributed by atoms with Crippen molar-refractivity contribution in [2.24, 2.45) is 5.92 Å². The lowest BCUT2D eigenvalue weighted by molar-refractivity contribution is -0.136. The summed E-state index contributed by atoms with van der Waals surface area (Å²) in [5, 5.41) is 8.84. The number of carbonyl (C=O) groups excluding carboxylic acids is 1. The summed E-state index contributed by atoms with van der Waals surface area (Å²) >= 11 is 0. The molecular formula is C17H24N2O3. The monoisotopic (exact) mass is 304 g/mol. The van der Waals surface area contributed by atoms with Gasteiger partial charge in [-0.2, -0.15) is 0 Å². The molecule has 0 spiro atoms. The third kappa shape index (κ3) is 3.59. The van der Waals surface area contributed by atoms with Crippen molar-refractivity contribution >= 4 is 23.3 Å². The summed E-state index contributed by atoms with van der Waals surface area (Å²) in [4.78, 5) is 26.8. The van der Waals surface area contributed by atoms with Gasteiger partial charge in [-0.25, -0.2) is 0 Å². The average molecular weight is 304 g/mol. The van der Waals surface area contributed by atoms with E-state index in [9.17, 15) is 9.59 Å². The minimum Gasteiger partial charge on any atom is -0.481 e. The van der Waals surface area contributed by atoms with E-state index in [0.717, 1.165) is 30.0 Å². The zero-order valence-electron chi connectivity index (χ0n) is 13.5. The number of anilines is 2. The number of carboxylic acid groups (broad SMARTS) is 1. The number of aliphatic carboxylic acids is 1. The standard InChI is InChI=1S/C17H24N2O3/c1-4-18(8-7-17(21)22)14-5-6-15-13(9-14)10-16(20)19(15)11-12(2)3/h5-6,9,12H,4,7-8,10-11H2,1-3H3,(H,21,22). The van der Waals surface area contributed by atoms with Gasteiger partial charge in [-0.05, 0) is 36.6 Å². The van der Waals surface area contributed by atoms with Crippen LogP contribution in [0.3, 0.4) is 0 Å². The van der Waals surface area contributed by atoms with Gasteiger partial charge in [0.1, 0.15) is 0 Å². The van der Waals surface area contributed by atoms with E-state index < -0.39 is 5.97 Å². The molecule has 1 aliphatic rings. The average Bonchev–Trinajstić information content (AvgIpc) is 2.74. The molecule has 0 radical (unpaired) electrons. The first kappa shape index (κ1) is 16.3. The first-order chi connectivity index (χ1) is 10.4. The lowest BCUT2D eigenvalue weighted by Crippen LogP contribution is -2.30. The van der Waals surface area contributed by atoms with Crippen LogP contribution in [-0.4, -0.2) is 36.6 Å². The van der Waals surface area contributed by atoms with E-state index in [4.69, 9.17) is 5.11 Å². The zero-order valence-corrected chi connectivity index (χ0v) is 13.5. The van der Waals surface area contributed by atoms with Crippen molar-refractivity contribution in [2.45, 2.75) is 33.6 Å². The number of carboxylic acids is 1. The lowest BCUT2D eigenvalue weighted by Gasteiger charge is -2.24. The van der Waals surface area contributed by atoms with Gasteiger partial charge < -0.3 is 14.9 Å². The number of benzene rings is 1. The van der Waals surface area contributed by atoms with Crippen molar-refractivity contribution in [3.05, 3.63) is 23.8 Å². The van der Waals surface area contributed by atoms with E-state index in [2.05, 4.69) is 13.8 Å². The van der Waals surface area contributed by atoms with Crippen LogP contribution in [0.2, 0.25) is 0 Å². The molecule has 22 heavy (non-hydrogen) atoms. The fraction of sp³-hybridized carbons (Fsp3) is 0.529. The molecule has 1 amide bonds. The number of amides is 1. The zero-order chi connectivity index (χ0) is 16.3.